The lowest BCUT2D eigenvalue weighted by molar-refractivity contribution is -0.134. The Balaban J connectivity index is 1.80. The number of para-hydroxylation sites is 2. The maximum Gasteiger partial charge on any atom is 0.319 e. The number of hydrogen-bond acceptors (Lipinski definition) is 2. The van der Waals surface area contributed by atoms with E-state index in [1.54, 1.807) is 0 Å². The molecule has 0 bridgehead atoms. The van der Waals surface area contributed by atoms with Crippen molar-refractivity contribution < 1.29 is 9.53 Å². The van der Waals surface area contributed by atoms with Crippen molar-refractivity contribution in [1.82, 2.24) is 4.98 Å². The molecule has 2 atom stereocenters. The van der Waals surface area contributed by atoms with E-state index in [2.05, 4.69) is 24.0 Å². The summed E-state index contributed by atoms with van der Waals surface area (Å²) in [5, 5.41) is 1.77. The molecule has 0 radical (unpaired) electrons. The standard InChI is InChI=1S/C24H18ClNO2/c1-14-21(17-9-2-4-11-19(17)26-14)22(15-7-6-8-16(25)13-15)23-18-10-3-5-12-20(18)28-24(23)27/h2-13,22-23,26H,1H3/t22-,23-/m0/s1. The molecular formula is C24H18ClNO2. The third kappa shape index (κ3) is 2.62. The summed E-state index contributed by atoms with van der Waals surface area (Å²) in [6, 6.07) is 23.6. The molecule has 1 aromatic heterocycles. The lowest BCUT2D eigenvalue weighted by Gasteiger charge is -2.23. The van der Waals surface area contributed by atoms with Crippen LogP contribution in [0.15, 0.2) is 72.8 Å². The van der Waals surface area contributed by atoms with E-state index in [-0.39, 0.29) is 11.9 Å². The predicted octanol–water partition coefficient (Wildman–Crippen LogP) is 5.96. The van der Waals surface area contributed by atoms with Crippen LogP contribution in [0.3, 0.4) is 0 Å². The first-order valence-corrected chi connectivity index (χ1v) is 9.64. The van der Waals surface area contributed by atoms with Crippen LogP contribution in [0.2, 0.25) is 5.02 Å². The smallest absolute Gasteiger partial charge is 0.319 e. The van der Waals surface area contributed by atoms with Gasteiger partial charge in [0.05, 0.1) is 5.92 Å². The zero-order valence-corrected chi connectivity index (χ0v) is 16.0. The molecule has 0 saturated heterocycles. The van der Waals surface area contributed by atoms with Crippen molar-refractivity contribution in [2.24, 2.45) is 0 Å². The Kier molecular flexibility index (Phi) is 3.99. The molecule has 0 saturated carbocycles. The molecule has 1 N–H and O–H groups in total. The van der Waals surface area contributed by atoms with Gasteiger partial charge in [-0.2, -0.15) is 0 Å². The number of H-pyrrole nitrogens is 1. The quantitative estimate of drug-likeness (QED) is 0.348. The number of hydrogen-bond donors (Lipinski definition) is 1. The number of carbonyl (C=O) groups is 1. The second-order valence-corrected chi connectivity index (χ2v) is 7.61. The maximum absolute atomic E-state index is 13.0. The molecule has 4 heteroatoms. The SMILES string of the molecule is Cc1[nH]c2ccccc2c1[C@H](c1cccc(Cl)c1)[C@H]1C(=O)Oc2ccccc21. The number of carbonyl (C=O) groups excluding carboxylic acids is 1. The average molecular weight is 388 g/mol. The zero-order valence-electron chi connectivity index (χ0n) is 15.3. The molecule has 2 heterocycles. The van der Waals surface area contributed by atoms with Crippen LogP contribution in [0.5, 0.6) is 5.75 Å². The van der Waals surface area contributed by atoms with E-state index >= 15 is 0 Å². The molecule has 28 heavy (non-hydrogen) atoms. The molecule has 0 unspecified atom stereocenters. The lowest BCUT2D eigenvalue weighted by Crippen LogP contribution is -2.20. The molecule has 1 aliphatic heterocycles. The Bertz CT molecular complexity index is 1210. The molecule has 3 aromatic carbocycles. The van der Waals surface area contributed by atoms with Gasteiger partial charge in [-0.1, -0.05) is 60.1 Å². The van der Waals surface area contributed by atoms with Crippen molar-refractivity contribution in [3.05, 3.63) is 100 Å². The minimum Gasteiger partial charge on any atom is -0.426 e. The molecular weight excluding hydrogens is 370 g/mol. The highest BCUT2D eigenvalue weighted by Crippen LogP contribution is 2.48. The first kappa shape index (κ1) is 17.1. The Morgan fingerprint density at radius 2 is 1.79 bits per heavy atom. The van der Waals surface area contributed by atoms with Gasteiger partial charge in [-0.25, -0.2) is 0 Å². The van der Waals surface area contributed by atoms with Crippen LogP contribution in [0.25, 0.3) is 10.9 Å². The first-order valence-electron chi connectivity index (χ1n) is 9.27. The molecule has 0 amide bonds. The molecule has 4 aromatic rings. The summed E-state index contributed by atoms with van der Waals surface area (Å²) in [5.41, 5.74) is 5.13. The van der Waals surface area contributed by atoms with Crippen molar-refractivity contribution >= 4 is 28.5 Å². The number of nitrogens with one attached hydrogen (secondary N) is 1. The topological polar surface area (TPSA) is 42.1 Å². The van der Waals surface area contributed by atoms with Crippen LogP contribution >= 0.6 is 11.6 Å². The van der Waals surface area contributed by atoms with Gasteiger partial charge >= 0.3 is 5.97 Å². The summed E-state index contributed by atoms with van der Waals surface area (Å²) < 4.78 is 5.62. The van der Waals surface area contributed by atoms with Gasteiger partial charge in [0.1, 0.15) is 5.75 Å². The van der Waals surface area contributed by atoms with E-state index in [0.717, 1.165) is 33.3 Å². The average Bonchev–Trinajstić information content (AvgIpc) is 3.19. The van der Waals surface area contributed by atoms with E-state index in [0.29, 0.717) is 10.8 Å². The van der Waals surface area contributed by atoms with Gasteiger partial charge in [0.2, 0.25) is 0 Å². The van der Waals surface area contributed by atoms with Gasteiger partial charge in [-0.3, -0.25) is 4.79 Å². The number of benzene rings is 3. The van der Waals surface area contributed by atoms with E-state index < -0.39 is 5.92 Å². The maximum atomic E-state index is 13.0. The lowest BCUT2D eigenvalue weighted by atomic mass is 9.77. The predicted molar refractivity (Wildman–Crippen MR) is 111 cm³/mol. The molecule has 138 valence electrons. The Morgan fingerprint density at radius 1 is 1.00 bits per heavy atom. The number of esters is 1. The van der Waals surface area contributed by atoms with Crippen LogP contribution < -0.4 is 4.74 Å². The van der Waals surface area contributed by atoms with Gasteiger partial charge < -0.3 is 9.72 Å². The zero-order chi connectivity index (χ0) is 19.3. The fraction of sp³-hybridized carbons (Fsp3) is 0.125. The third-order valence-corrected chi connectivity index (χ3v) is 5.75. The number of halogens is 1. The summed E-state index contributed by atoms with van der Waals surface area (Å²) in [7, 11) is 0. The number of aromatic amines is 1. The highest BCUT2D eigenvalue weighted by Gasteiger charge is 2.42. The third-order valence-electron chi connectivity index (χ3n) is 5.51. The van der Waals surface area contributed by atoms with E-state index in [1.165, 1.54) is 0 Å². The number of rotatable bonds is 3. The number of fused-ring (bicyclic) bond motifs is 2. The van der Waals surface area contributed by atoms with Crippen molar-refractivity contribution in [3.8, 4) is 5.75 Å². The normalized spacial score (nSPS) is 16.8. The van der Waals surface area contributed by atoms with Gasteiger partial charge in [0.25, 0.3) is 0 Å². The summed E-state index contributed by atoms with van der Waals surface area (Å²) in [5.74, 6) is -0.212. The van der Waals surface area contributed by atoms with Crippen LogP contribution in [-0.4, -0.2) is 11.0 Å². The van der Waals surface area contributed by atoms with Gasteiger partial charge in [-0.15, -0.1) is 0 Å². The minimum absolute atomic E-state index is 0.203. The minimum atomic E-state index is -0.424. The van der Waals surface area contributed by atoms with Crippen molar-refractivity contribution in [3.63, 3.8) is 0 Å². The van der Waals surface area contributed by atoms with Crippen molar-refractivity contribution in [2.75, 3.05) is 0 Å². The Morgan fingerprint density at radius 3 is 2.64 bits per heavy atom. The van der Waals surface area contributed by atoms with Crippen LogP contribution in [0.1, 0.15) is 34.2 Å². The van der Waals surface area contributed by atoms with Gasteiger partial charge in [0, 0.05) is 33.1 Å². The van der Waals surface area contributed by atoms with Gasteiger partial charge in [0.15, 0.2) is 0 Å². The second kappa shape index (κ2) is 6.54. The fourth-order valence-electron chi connectivity index (χ4n) is 4.37. The van der Waals surface area contributed by atoms with E-state index in [4.69, 9.17) is 16.3 Å². The Hall–Kier alpha value is -3.04. The molecule has 0 spiro atoms. The highest BCUT2D eigenvalue weighted by molar-refractivity contribution is 6.30. The van der Waals surface area contributed by atoms with Crippen molar-refractivity contribution in [2.45, 2.75) is 18.8 Å². The summed E-state index contributed by atoms with van der Waals surface area (Å²) >= 11 is 6.33. The fourth-order valence-corrected chi connectivity index (χ4v) is 4.57. The summed E-state index contributed by atoms with van der Waals surface area (Å²) in [6.07, 6.45) is 0. The van der Waals surface area contributed by atoms with Crippen LogP contribution in [0, 0.1) is 6.92 Å². The van der Waals surface area contributed by atoms with Crippen molar-refractivity contribution in [1.29, 1.82) is 0 Å². The molecule has 0 aliphatic carbocycles. The number of aryl methyl sites for hydroxylation is 1. The molecule has 5 rings (SSSR count). The molecule has 0 fully saturated rings. The number of aromatic nitrogens is 1. The second-order valence-electron chi connectivity index (χ2n) is 7.18. The molecule has 1 aliphatic rings. The number of ether oxygens (including phenoxy) is 1. The van der Waals surface area contributed by atoms with E-state index in [9.17, 15) is 4.79 Å². The summed E-state index contributed by atoms with van der Waals surface area (Å²) in [6.45, 7) is 2.05. The van der Waals surface area contributed by atoms with Crippen LogP contribution in [0.4, 0.5) is 0 Å². The highest BCUT2D eigenvalue weighted by atomic mass is 35.5. The Labute approximate surface area is 167 Å². The van der Waals surface area contributed by atoms with E-state index in [1.807, 2.05) is 60.7 Å². The first-order chi connectivity index (χ1) is 13.6. The molecule has 3 nitrogen and oxygen atoms in total. The summed E-state index contributed by atoms with van der Waals surface area (Å²) in [4.78, 5) is 16.5. The van der Waals surface area contributed by atoms with Gasteiger partial charge in [-0.05, 0) is 42.3 Å². The largest absolute Gasteiger partial charge is 0.426 e. The van der Waals surface area contributed by atoms with Crippen LogP contribution in [-0.2, 0) is 4.79 Å². The monoisotopic (exact) mass is 387 g/mol.